The maximum atomic E-state index is 14.0. The molecular formula is C15H11F3N2O. The number of imidazole rings is 1. The molecule has 3 nitrogen and oxygen atoms in total. The molecule has 0 bridgehead atoms. The van der Waals surface area contributed by atoms with Crippen LogP contribution in [0.4, 0.5) is 13.2 Å². The average molecular weight is 292 g/mol. The van der Waals surface area contributed by atoms with Crippen LogP contribution in [0.15, 0.2) is 24.3 Å². The predicted octanol–water partition coefficient (Wildman–Crippen LogP) is 3.67. The molecule has 0 aliphatic rings. The van der Waals surface area contributed by atoms with E-state index in [0.29, 0.717) is 11.6 Å². The van der Waals surface area contributed by atoms with E-state index in [4.69, 9.17) is 0 Å². The number of phenols is 1. The second-order valence-corrected chi connectivity index (χ2v) is 4.82. The zero-order valence-corrected chi connectivity index (χ0v) is 11.3. The molecule has 3 aromatic rings. The van der Waals surface area contributed by atoms with Gasteiger partial charge in [0, 0.05) is 7.05 Å². The van der Waals surface area contributed by atoms with Gasteiger partial charge in [0.25, 0.3) is 0 Å². The number of fused-ring (bicyclic) bond motifs is 1. The van der Waals surface area contributed by atoms with Gasteiger partial charge in [-0.05, 0) is 24.6 Å². The number of aryl methyl sites for hydroxylation is 2. The largest absolute Gasteiger partial charge is 0.503 e. The molecule has 0 fully saturated rings. The van der Waals surface area contributed by atoms with Gasteiger partial charge in [0.1, 0.15) is 5.82 Å². The van der Waals surface area contributed by atoms with Gasteiger partial charge in [-0.3, -0.25) is 0 Å². The molecular weight excluding hydrogens is 281 g/mol. The lowest BCUT2D eigenvalue weighted by atomic mass is 10.1. The number of nitrogens with zero attached hydrogens (tertiary/aromatic N) is 2. The highest BCUT2D eigenvalue weighted by atomic mass is 19.2. The second kappa shape index (κ2) is 4.51. The highest BCUT2D eigenvalue weighted by Gasteiger charge is 2.22. The van der Waals surface area contributed by atoms with Gasteiger partial charge < -0.3 is 9.67 Å². The fraction of sp³-hybridized carbons (Fsp3) is 0.133. The minimum atomic E-state index is -1.61. The number of benzene rings is 2. The summed E-state index contributed by atoms with van der Waals surface area (Å²) >= 11 is 0. The Balaban J connectivity index is 2.37. The van der Waals surface area contributed by atoms with Gasteiger partial charge in [-0.25, -0.2) is 13.8 Å². The summed E-state index contributed by atoms with van der Waals surface area (Å²) in [5.41, 5.74) is 2.00. The normalized spacial score (nSPS) is 11.3. The highest BCUT2D eigenvalue weighted by Crippen LogP contribution is 2.33. The number of aromatic nitrogens is 2. The summed E-state index contributed by atoms with van der Waals surface area (Å²) in [5, 5.41) is 9.32. The van der Waals surface area contributed by atoms with Crippen LogP contribution in [0.5, 0.6) is 5.75 Å². The molecule has 6 heteroatoms. The topological polar surface area (TPSA) is 38.1 Å². The van der Waals surface area contributed by atoms with Crippen molar-refractivity contribution in [3.05, 3.63) is 47.3 Å². The molecule has 2 aromatic carbocycles. The fourth-order valence-corrected chi connectivity index (χ4v) is 2.46. The standard InChI is InChI=1S/C15H11F3N2O/c1-7-4-3-5-10-13(7)20(2)15(19-10)8-6-9(16)12(18)14(21)11(8)17/h3-6,21H,1-2H3. The van der Waals surface area contributed by atoms with Crippen LogP contribution in [0.2, 0.25) is 0 Å². The van der Waals surface area contributed by atoms with E-state index in [9.17, 15) is 18.3 Å². The Morgan fingerprint density at radius 1 is 1.14 bits per heavy atom. The van der Waals surface area contributed by atoms with Gasteiger partial charge in [-0.15, -0.1) is 0 Å². The lowest BCUT2D eigenvalue weighted by Gasteiger charge is -2.07. The van der Waals surface area contributed by atoms with Crippen molar-refractivity contribution in [1.82, 2.24) is 9.55 Å². The van der Waals surface area contributed by atoms with Crippen LogP contribution in [0.3, 0.4) is 0 Å². The van der Waals surface area contributed by atoms with E-state index in [0.717, 1.165) is 11.1 Å². The van der Waals surface area contributed by atoms with Gasteiger partial charge in [0.05, 0.1) is 16.6 Å². The van der Waals surface area contributed by atoms with E-state index in [1.54, 1.807) is 23.7 Å². The lowest BCUT2D eigenvalue weighted by molar-refractivity contribution is 0.377. The summed E-state index contributed by atoms with van der Waals surface area (Å²) < 4.78 is 42.2. The van der Waals surface area contributed by atoms with Crippen molar-refractivity contribution in [2.45, 2.75) is 6.92 Å². The SMILES string of the molecule is Cc1cccc2nc(-c3cc(F)c(F)c(O)c3F)n(C)c12. The summed E-state index contributed by atoms with van der Waals surface area (Å²) in [6.07, 6.45) is 0. The second-order valence-electron chi connectivity index (χ2n) is 4.82. The number of aromatic hydroxyl groups is 1. The minimum Gasteiger partial charge on any atom is -0.503 e. The number of hydrogen-bond donors (Lipinski definition) is 1. The van der Waals surface area contributed by atoms with Crippen LogP contribution in [0.1, 0.15) is 5.56 Å². The lowest BCUT2D eigenvalue weighted by Crippen LogP contribution is -1.99. The van der Waals surface area contributed by atoms with Crippen LogP contribution in [0, 0.1) is 24.4 Å². The Morgan fingerprint density at radius 2 is 1.86 bits per heavy atom. The van der Waals surface area contributed by atoms with E-state index in [1.807, 2.05) is 13.0 Å². The zero-order chi connectivity index (χ0) is 15.3. The number of hydrogen-bond acceptors (Lipinski definition) is 2. The number of halogens is 3. The Labute approximate surface area is 118 Å². The molecule has 0 spiro atoms. The van der Waals surface area contributed by atoms with Crippen LogP contribution >= 0.6 is 0 Å². The zero-order valence-electron chi connectivity index (χ0n) is 11.3. The monoisotopic (exact) mass is 292 g/mol. The van der Waals surface area contributed by atoms with Crippen LogP contribution in [-0.2, 0) is 7.05 Å². The third kappa shape index (κ3) is 1.86. The summed E-state index contributed by atoms with van der Waals surface area (Å²) in [5.74, 6) is -5.39. The third-order valence-electron chi connectivity index (χ3n) is 3.47. The van der Waals surface area contributed by atoms with Gasteiger partial charge in [-0.2, -0.15) is 4.39 Å². The van der Waals surface area contributed by atoms with Gasteiger partial charge in [-0.1, -0.05) is 12.1 Å². The van der Waals surface area contributed by atoms with Crippen molar-refractivity contribution in [3.8, 4) is 17.1 Å². The molecule has 0 aliphatic heterocycles. The van der Waals surface area contributed by atoms with Gasteiger partial charge in [0.2, 0.25) is 5.82 Å². The molecule has 0 saturated carbocycles. The first-order valence-corrected chi connectivity index (χ1v) is 6.20. The van der Waals surface area contributed by atoms with Crippen LogP contribution < -0.4 is 0 Å². The van der Waals surface area contributed by atoms with E-state index < -0.39 is 23.2 Å². The van der Waals surface area contributed by atoms with Crippen molar-refractivity contribution >= 4 is 11.0 Å². The minimum absolute atomic E-state index is 0.117. The van der Waals surface area contributed by atoms with Crippen molar-refractivity contribution in [1.29, 1.82) is 0 Å². The number of phenolic OH excluding ortho intramolecular Hbond substituents is 1. The van der Waals surface area contributed by atoms with E-state index in [1.165, 1.54) is 0 Å². The molecule has 0 saturated heterocycles. The first-order chi connectivity index (χ1) is 9.91. The van der Waals surface area contributed by atoms with Gasteiger partial charge >= 0.3 is 0 Å². The first-order valence-electron chi connectivity index (χ1n) is 6.20. The van der Waals surface area contributed by atoms with Crippen molar-refractivity contribution in [3.63, 3.8) is 0 Å². The molecule has 21 heavy (non-hydrogen) atoms. The molecule has 1 heterocycles. The van der Waals surface area contributed by atoms with Crippen molar-refractivity contribution < 1.29 is 18.3 Å². The number of para-hydroxylation sites is 1. The Kier molecular flexibility index (Phi) is 2.90. The molecule has 108 valence electrons. The fourth-order valence-electron chi connectivity index (χ4n) is 2.46. The summed E-state index contributed by atoms with van der Waals surface area (Å²) in [4.78, 5) is 4.24. The van der Waals surface area contributed by atoms with Crippen LogP contribution in [0.25, 0.3) is 22.4 Å². The third-order valence-corrected chi connectivity index (χ3v) is 3.47. The molecule has 1 aromatic heterocycles. The van der Waals surface area contributed by atoms with Gasteiger partial charge in [0.15, 0.2) is 17.4 Å². The molecule has 0 atom stereocenters. The maximum absolute atomic E-state index is 14.0. The Hall–Kier alpha value is -2.50. The molecule has 0 amide bonds. The smallest absolute Gasteiger partial charge is 0.203 e. The van der Waals surface area contributed by atoms with E-state index in [-0.39, 0.29) is 11.4 Å². The number of rotatable bonds is 1. The highest BCUT2D eigenvalue weighted by molar-refractivity contribution is 5.83. The van der Waals surface area contributed by atoms with Crippen molar-refractivity contribution in [2.75, 3.05) is 0 Å². The molecule has 3 rings (SSSR count). The van der Waals surface area contributed by atoms with E-state index >= 15 is 0 Å². The quantitative estimate of drug-likeness (QED) is 0.695. The molecule has 1 N–H and O–H groups in total. The van der Waals surface area contributed by atoms with E-state index in [2.05, 4.69) is 4.98 Å². The average Bonchev–Trinajstić information content (AvgIpc) is 2.79. The first kappa shape index (κ1) is 13.5. The van der Waals surface area contributed by atoms with Crippen LogP contribution in [-0.4, -0.2) is 14.7 Å². The summed E-state index contributed by atoms with van der Waals surface area (Å²) in [6, 6.07) is 6.10. The van der Waals surface area contributed by atoms with Crippen molar-refractivity contribution in [2.24, 2.45) is 7.05 Å². The maximum Gasteiger partial charge on any atom is 0.203 e. The molecule has 0 radical (unpaired) electrons. The summed E-state index contributed by atoms with van der Waals surface area (Å²) in [7, 11) is 1.65. The molecule has 0 unspecified atom stereocenters. The molecule has 0 aliphatic carbocycles. The Bertz CT molecular complexity index is 871. The summed E-state index contributed by atoms with van der Waals surface area (Å²) in [6.45, 7) is 1.87. The predicted molar refractivity (Wildman–Crippen MR) is 72.4 cm³/mol. The Morgan fingerprint density at radius 3 is 2.52 bits per heavy atom.